The molecule has 0 saturated carbocycles. The summed E-state index contributed by atoms with van der Waals surface area (Å²) in [6.07, 6.45) is 5.30. The Balaban J connectivity index is 2.61. The minimum absolute atomic E-state index is 0.0847. The highest BCUT2D eigenvalue weighted by Gasteiger charge is 2.25. The van der Waals surface area contributed by atoms with Crippen molar-refractivity contribution in [2.24, 2.45) is 0 Å². The molecule has 4 heteroatoms. The van der Waals surface area contributed by atoms with Gasteiger partial charge in [-0.1, -0.05) is 44.4 Å². The molecule has 1 heterocycles. The van der Waals surface area contributed by atoms with Gasteiger partial charge in [0.05, 0.1) is 5.60 Å². The molecule has 2 N–H and O–H groups in total. The van der Waals surface area contributed by atoms with Crippen molar-refractivity contribution in [2.45, 2.75) is 58.1 Å². The van der Waals surface area contributed by atoms with Gasteiger partial charge in [0.25, 0.3) is 0 Å². The van der Waals surface area contributed by atoms with Crippen LogP contribution in [0.4, 0.5) is 0 Å². The zero-order valence-electron chi connectivity index (χ0n) is 12.1. The van der Waals surface area contributed by atoms with E-state index in [9.17, 15) is 5.11 Å². The van der Waals surface area contributed by atoms with Crippen molar-refractivity contribution in [3.05, 3.63) is 29.0 Å². The summed E-state index contributed by atoms with van der Waals surface area (Å²) in [5.74, 6) is 0. The minimum Gasteiger partial charge on any atom is -0.389 e. The van der Waals surface area contributed by atoms with Crippen LogP contribution in [-0.4, -0.2) is 22.2 Å². The van der Waals surface area contributed by atoms with Gasteiger partial charge in [-0.15, -0.1) is 0 Å². The van der Waals surface area contributed by atoms with E-state index < -0.39 is 5.60 Å². The van der Waals surface area contributed by atoms with Crippen LogP contribution in [0.3, 0.4) is 0 Å². The molecule has 1 unspecified atom stereocenters. The van der Waals surface area contributed by atoms with Gasteiger partial charge in [0.1, 0.15) is 5.15 Å². The molecule has 108 valence electrons. The van der Waals surface area contributed by atoms with Gasteiger partial charge in [-0.2, -0.15) is 0 Å². The molecular weight excluding hydrogens is 260 g/mol. The fourth-order valence-electron chi connectivity index (χ4n) is 2.41. The molecule has 1 aromatic heterocycles. The number of hydrogen-bond donors (Lipinski definition) is 2. The van der Waals surface area contributed by atoms with E-state index in [1.165, 1.54) is 0 Å². The maximum Gasteiger partial charge on any atom is 0.133 e. The van der Waals surface area contributed by atoms with Gasteiger partial charge in [0.2, 0.25) is 0 Å². The van der Waals surface area contributed by atoms with Crippen molar-refractivity contribution >= 4 is 11.6 Å². The summed E-state index contributed by atoms with van der Waals surface area (Å²) in [6.45, 7) is 6.83. The molecule has 0 radical (unpaired) electrons. The normalized spacial score (nSPS) is 13.5. The second-order valence-electron chi connectivity index (χ2n) is 5.21. The fourth-order valence-corrected chi connectivity index (χ4v) is 2.69. The summed E-state index contributed by atoms with van der Waals surface area (Å²) >= 11 is 6.08. The number of pyridine rings is 1. The summed E-state index contributed by atoms with van der Waals surface area (Å²) in [6, 6.07) is 3.93. The van der Waals surface area contributed by atoms with Crippen LogP contribution >= 0.6 is 11.6 Å². The second-order valence-corrected chi connectivity index (χ2v) is 5.57. The van der Waals surface area contributed by atoms with Crippen LogP contribution in [-0.2, 0) is 0 Å². The lowest BCUT2D eigenvalue weighted by molar-refractivity contribution is 0.0196. The average Bonchev–Trinajstić information content (AvgIpc) is 2.37. The Bertz CT molecular complexity index is 378. The van der Waals surface area contributed by atoms with E-state index in [0.717, 1.165) is 31.2 Å². The highest BCUT2D eigenvalue weighted by molar-refractivity contribution is 6.30. The van der Waals surface area contributed by atoms with E-state index in [1.54, 1.807) is 6.20 Å². The smallest absolute Gasteiger partial charge is 0.133 e. The topological polar surface area (TPSA) is 45.1 Å². The first-order valence-corrected chi connectivity index (χ1v) is 7.46. The van der Waals surface area contributed by atoms with E-state index >= 15 is 0 Å². The predicted molar refractivity (Wildman–Crippen MR) is 80.4 cm³/mol. The maximum atomic E-state index is 10.6. The van der Waals surface area contributed by atoms with Gasteiger partial charge in [-0.05, 0) is 25.8 Å². The van der Waals surface area contributed by atoms with E-state index in [0.29, 0.717) is 11.7 Å². The summed E-state index contributed by atoms with van der Waals surface area (Å²) < 4.78 is 0. The molecule has 19 heavy (non-hydrogen) atoms. The molecule has 0 amide bonds. The Morgan fingerprint density at radius 2 is 2.00 bits per heavy atom. The third-order valence-electron chi connectivity index (χ3n) is 3.42. The van der Waals surface area contributed by atoms with E-state index in [4.69, 9.17) is 11.6 Å². The Morgan fingerprint density at radius 3 is 2.53 bits per heavy atom. The lowest BCUT2D eigenvalue weighted by Crippen LogP contribution is -2.41. The van der Waals surface area contributed by atoms with Crippen LogP contribution in [0.2, 0.25) is 5.15 Å². The molecule has 0 spiro atoms. The van der Waals surface area contributed by atoms with Crippen LogP contribution < -0.4 is 5.32 Å². The van der Waals surface area contributed by atoms with Crippen LogP contribution in [0.5, 0.6) is 0 Å². The molecule has 0 aliphatic rings. The van der Waals surface area contributed by atoms with Crippen molar-refractivity contribution in [1.29, 1.82) is 0 Å². The van der Waals surface area contributed by atoms with Crippen molar-refractivity contribution in [3.63, 3.8) is 0 Å². The van der Waals surface area contributed by atoms with Crippen LogP contribution in [0.1, 0.15) is 58.1 Å². The van der Waals surface area contributed by atoms with Gasteiger partial charge in [0, 0.05) is 24.3 Å². The Kier molecular flexibility index (Phi) is 6.76. The number of nitrogens with one attached hydrogen (secondary N) is 1. The van der Waals surface area contributed by atoms with E-state index in [1.807, 2.05) is 19.1 Å². The Labute approximate surface area is 121 Å². The molecule has 1 atom stereocenters. The number of aliphatic hydroxyl groups is 1. The molecule has 0 bridgehead atoms. The monoisotopic (exact) mass is 284 g/mol. The van der Waals surface area contributed by atoms with Crippen molar-refractivity contribution in [3.8, 4) is 0 Å². The van der Waals surface area contributed by atoms with Crippen LogP contribution in [0.15, 0.2) is 18.3 Å². The zero-order chi connectivity index (χ0) is 14.3. The highest BCUT2D eigenvalue weighted by atomic mass is 35.5. The third-order valence-corrected chi connectivity index (χ3v) is 3.74. The van der Waals surface area contributed by atoms with Crippen molar-refractivity contribution < 1.29 is 5.11 Å². The molecule has 3 nitrogen and oxygen atoms in total. The molecule has 0 fully saturated rings. The molecule has 0 aromatic carbocycles. The van der Waals surface area contributed by atoms with E-state index in [2.05, 4.69) is 24.1 Å². The number of halogens is 1. The standard InChI is InChI=1S/C15H25ClN2O/c1-4-8-15(19,9-5-2)11-18-12(3)13-7-6-10-17-14(13)16/h6-7,10,12,18-19H,4-5,8-9,11H2,1-3H3. The first-order valence-electron chi connectivity index (χ1n) is 7.08. The SMILES string of the molecule is CCCC(O)(CCC)CNC(C)c1cccnc1Cl. The van der Waals surface area contributed by atoms with Crippen LogP contribution in [0.25, 0.3) is 0 Å². The van der Waals surface area contributed by atoms with Crippen molar-refractivity contribution in [2.75, 3.05) is 6.54 Å². The third kappa shape index (κ3) is 5.09. The molecule has 0 aliphatic carbocycles. The summed E-state index contributed by atoms with van der Waals surface area (Å²) in [5.41, 5.74) is 0.353. The summed E-state index contributed by atoms with van der Waals surface area (Å²) in [7, 11) is 0. The number of nitrogens with zero attached hydrogens (tertiary/aromatic N) is 1. The maximum absolute atomic E-state index is 10.6. The lowest BCUT2D eigenvalue weighted by Gasteiger charge is -2.29. The van der Waals surface area contributed by atoms with Gasteiger partial charge >= 0.3 is 0 Å². The predicted octanol–water partition coefficient (Wildman–Crippen LogP) is 3.72. The van der Waals surface area contributed by atoms with Gasteiger partial charge in [0.15, 0.2) is 0 Å². The number of rotatable bonds is 8. The van der Waals surface area contributed by atoms with Gasteiger partial charge < -0.3 is 10.4 Å². The van der Waals surface area contributed by atoms with E-state index in [-0.39, 0.29) is 6.04 Å². The Morgan fingerprint density at radius 1 is 1.37 bits per heavy atom. The summed E-state index contributed by atoms with van der Waals surface area (Å²) in [5, 5.41) is 14.5. The molecule has 1 rings (SSSR count). The summed E-state index contributed by atoms with van der Waals surface area (Å²) in [4.78, 5) is 4.08. The first kappa shape index (κ1) is 16.4. The van der Waals surface area contributed by atoms with Gasteiger partial charge in [-0.3, -0.25) is 0 Å². The molecular formula is C15H25ClN2O. The molecule has 1 aromatic rings. The van der Waals surface area contributed by atoms with Crippen LogP contribution in [0, 0.1) is 0 Å². The number of aromatic nitrogens is 1. The van der Waals surface area contributed by atoms with Gasteiger partial charge in [-0.25, -0.2) is 4.98 Å². The highest BCUT2D eigenvalue weighted by Crippen LogP contribution is 2.23. The molecule has 0 saturated heterocycles. The molecule has 0 aliphatic heterocycles. The zero-order valence-corrected chi connectivity index (χ0v) is 12.9. The Hall–Kier alpha value is -0.640. The number of hydrogen-bond acceptors (Lipinski definition) is 3. The lowest BCUT2D eigenvalue weighted by atomic mass is 9.92. The fraction of sp³-hybridized carbons (Fsp3) is 0.667. The quantitative estimate of drug-likeness (QED) is 0.715. The first-order chi connectivity index (χ1) is 9.02. The second kappa shape index (κ2) is 7.83. The van der Waals surface area contributed by atoms with Crippen molar-refractivity contribution in [1.82, 2.24) is 10.3 Å². The largest absolute Gasteiger partial charge is 0.389 e. The minimum atomic E-state index is -0.619. The average molecular weight is 285 g/mol.